The van der Waals surface area contributed by atoms with Crippen LogP contribution < -0.4 is 11.1 Å². The molecule has 0 aromatic carbocycles. The molecule has 1 aliphatic rings. The molecule has 3 N–H and O–H groups in total. The summed E-state index contributed by atoms with van der Waals surface area (Å²) < 4.78 is 0. The monoisotopic (exact) mass is 297 g/mol. The number of primary amides is 1. The molecule has 1 fully saturated rings. The van der Waals surface area contributed by atoms with Crippen molar-refractivity contribution < 1.29 is 4.79 Å². The molecule has 1 amide bonds. The van der Waals surface area contributed by atoms with Crippen LogP contribution in [0.15, 0.2) is 0 Å². The van der Waals surface area contributed by atoms with Crippen LogP contribution in [-0.4, -0.2) is 42.0 Å². The Kier molecular flexibility index (Phi) is 7.67. The van der Waals surface area contributed by atoms with Crippen LogP contribution in [0.2, 0.25) is 0 Å². The van der Waals surface area contributed by atoms with Gasteiger partial charge in [-0.1, -0.05) is 33.6 Å². The number of nitrogens with zero attached hydrogens (tertiary/aromatic N) is 1. The van der Waals surface area contributed by atoms with Crippen LogP contribution in [0.1, 0.15) is 66.2 Å². The molecule has 0 bridgehead atoms. The van der Waals surface area contributed by atoms with E-state index in [1.165, 1.54) is 32.1 Å². The normalized spacial score (nSPS) is 19.3. The van der Waals surface area contributed by atoms with Gasteiger partial charge in [-0.25, -0.2) is 0 Å². The maximum Gasteiger partial charge on any atom is 0.238 e. The van der Waals surface area contributed by atoms with E-state index in [9.17, 15) is 4.79 Å². The van der Waals surface area contributed by atoms with Gasteiger partial charge in [-0.15, -0.1) is 0 Å². The molecule has 1 atom stereocenters. The van der Waals surface area contributed by atoms with Crippen LogP contribution in [0.5, 0.6) is 0 Å². The highest BCUT2D eigenvalue weighted by Gasteiger charge is 2.35. The molecule has 0 radical (unpaired) electrons. The van der Waals surface area contributed by atoms with Crippen molar-refractivity contribution >= 4 is 5.91 Å². The minimum absolute atomic E-state index is 0.233. The lowest BCUT2D eigenvalue weighted by Crippen LogP contribution is -2.61. The van der Waals surface area contributed by atoms with E-state index in [-0.39, 0.29) is 5.91 Å². The first-order valence-corrected chi connectivity index (χ1v) is 8.68. The van der Waals surface area contributed by atoms with E-state index in [1.54, 1.807) is 0 Å². The molecular weight excluding hydrogens is 262 g/mol. The third-order valence-corrected chi connectivity index (χ3v) is 4.66. The van der Waals surface area contributed by atoms with Gasteiger partial charge in [-0.2, -0.15) is 0 Å². The van der Waals surface area contributed by atoms with E-state index in [1.807, 2.05) is 6.92 Å². The Balaban J connectivity index is 2.72. The van der Waals surface area contributed by atoms with Gasteiger partial charge in [-0.05, 0) is 51.6 Å². The first-order chi connectivity index (χ1) is 9.89. The number of hydrogen-bond acceptors (Lipinski definition) is 3. The first kappa shape index (κ1) is 18.4. The summed E-state index contributed by atoms with van der Waals surface area (Å²) >= 11 is 0. The van der Waals surface area contributed by atoms with E-state index in [4.69, 9.17) is 5.73 Å². The lowest BCUT2D eigenvalue weighted by Gasteiger charge is -2.37. The van der Waals surface area contributed by atoms with Gasteiger partial charge in [0.2, 0.25) is 5.91 Å². The average Bonchev–Trinajstić information content (AvgIpc) is 2.94. The van der Waals surface area contributed by atoms with Crippen LogP contribution in [0, 0.1) is 5.92 Å². The summed E-state index contributed by atoms with van der Waals surface area (Å²) in [6.07, 6.45) is 7.36. The Morgan fingerprint density at radius 2 is 2.00 bits per heavy atom. The molecule has 4 nitrogen and oxygen atoms in total. The van der Waals surface area contributed by atoms with Gasteiger partial charge < -0.3 is 11.1 Å². The molecule has 0 aromatic rings. The van der Waals surface area contributed by atoms with Gasteiger partial charge in [0, 0.05) is 12.6 Å². The molecule has 1 aliphatic carbocycles. The lowest BCUT2D eigenvalue weighted by molar-refractivity contribution is -0.124. The van der Waals surface area contributed by atoms with Crippen molar-refractivity contribution in [1.82, 2.24) is 10.2 Å². The van der Waals surface area contributed by atoms with Crippen LogP contribution in [0.4, 0.5) is 0 Å². The van der Waals surface area contributed by atoms with Gasteiger partial charge in [0.25, 0.3) is 0 Å². The second kappa shape index (κ2) is 8.74. The smallest absolute Gasteiger partial charge is 0.238 e. The van der Waals surface area contributed by atoms with E-state index < -0.39 is 5.54 Å². The fourth-order valence-electron chi connectivity index (χ4n) is 3.11. The van der Waals surface area contributed by atoms with Crippen LogP contribution in [0.25, 0.3) is 0 Å². The Hall–Kier alpha value is -0.610. The number of nitrogens with one attached hydrogen (secondary N) is 1. The minimum Gasteiger partial charge on any atom is -0.368 e. The molecule has 0 saturated heterocycles. The molecule has 0 aromatic heterocycles. The molecule has 0 heterocycles. The number of nitrogens with two attached hydrogens (primary N) is 1. The molecule has 1 saturated carbocycles. The Morgan fingerprint density at radius 3 is 2.48 bits per heavy atom. The van der Waals surface area contributed by atoms with Crippen molar-refractivity contribution in [1.29, 1.82) is 0 Å². The fourth-order valence-corrected chi connectivity index (χ4v) is 3.11. The zero-order chi connectivity index (χ0) is 15.9. The SMILES string of the molecule is CCCNC(C)(CN(CCC(C)C)C1CCCC1)C(N)=O. The Bertz CT molecular complexity index is 313. The molecule has 21 heavy (non-hydrogen) atoms. The summed E-state index contributed by atoms with van der Waals surface area (Å²) in [5.74, 6) is 0.459. The maximum absolute atomic E-state index is 11.9. The summed E-state index contributed by atoms with van der Waals surface area (Å²) in [6, 6.07) is 0.630. The quantitative estimate of drug-likeness (QED) is 0.651. The van der Waals surface area contributed by atoms with E-state index >= 15 is 0 Å². The summed E-state index contributed by atoms with van der Waals surface area (Å²) in [5, 5.41) is 3.37. The first-order valence-electron chi connectivity index (χ1n) is 8.68. The second-order valence-corrected chi connectivity index (χ2v) is 7.21. The van der Waals surface area contributed by atoms with Crippen molar-refractivity contribution in [2.45, 2.75) is 77.8 Å². The number of rotatable bonds is 10. The van der Waals surface area contributed by atoms with Crippen LogP contribution in [0.3, 0.4) is 0 Å². The van der Waals surface area contributed by atoms with Gasteiger partial charge in [0.1, 0.15) is 5.54 Å². The van der Waals surface area contributed by atoms with Gasteiger partial charge >= 0.3 is 0 Å². The predicted octanol–water partition coefficient (Wildman–Crippen LogP) is 2.52. The largest absolute Gasteiger partial charge is 0.368 e. The maximum atomic E-state index is 11.9. The number of hydrogen-bond donors (Lipinski definition) is 2. The van der Waals surface area contributed by atoms with Crippen LogP contribution >= 0.6 is 0 Å². The summed E-state index contributed by atoms with van der Waals surface area (Å²) in [5.41, 5.74) is 5.07. The summed E-state index contributed by atoms with van der Waals surface area (Å²) in [7, 11) is 0. The number of amides is 1. The van der Waals surface area contributed by atoms with Crippen molar-refractivity contribution in [3.63, 3.8) is 0 Å². The molecule has 0 spiro atoms. The highest BCUT2D eigenvalue weighted by atomic mass is 16.1. The fraction of sp³-hybridized carbons (Fsp3) is 0.941. The predicted molar refractivity (Wildman–Crippen MR) is 89.2 cm³/mol. The van der Waals surface area contributed by atoms with E-state index in [2.05, 4.69) is 31.0 Å². The van der Waals surface area contributed by atoms with Crippen molar-refractivity contribution in [2.24, 2.45) is 11.7 Å². The van der Waals surface area contributed by atoms with Crippen molar-refractivity contribution in [3.05, 3.63) is 0 Å². The highest BCUT2D eigenvalue weighted by Crippen LogP contribution is 2.25. The lowest BCUT2D eigenvalue weighted by atomic mass is 9.98. The highest BCUT2D eigenvalue weighted by molar-refractivity contribution is 5.84. The van der Waals surface area contributed by atoms with Gasteiger partial charge in [-0.3, -0.25) is 9.69 Å². The van der Waals surface area contributed by atoms with E-state index in [0.717, 1.165) is 26.1 Å². The summed E-state index contributed by atoms with van der Waals surface area (Å²) in [4.78, 5) is 14.5. The zero-order valence-corrected chi connectivity index (χ0v) is 14.5. The Labute approximate surface area is 130 Å². The van der Waals surface area contributed by atoms with E-state index in [0.29, 0.717) is 12.0 Å². The van der Waals surface area contributed by atoms with Gasteiger partial charge in [0.05, 0.1) is 0 Å². The zero-order valence-electron chi connectivity index (χ0n) is 14.5. The van der Waals surface area contributed by atoms with Crippen LogP contribution in [-0.2, 0) is 4.79 Å². The van der Waals surface area contributed by atoms with Crippen molar-refractivity contribution in [3.8, 4) is 0 Å². The summed E-state index contributed by atoms with van der Waals surface area (Å²) in [6.45, 7) is 11.2. The Morgan fingerprint density at radius 1 is 1.38 bits per heavy atom. The standard InChI is InChI=1S/C17H35N3O/c1-5-11-19-17(4,16(18)21)13-20(12-10-14(2)3)15-8-6-7-9-15/h14-15,19H,5-13H2,1-4H3,(H2,18,21). The average molecular weight is 297 g/mol. The molecule has 1 unspecified atom stereocenters. The number of carbonyl (C=O) groups excluding carboxylic acids is 1. The molecule has 4 heteroatoms. The topological polar surface area (TPSA) is 58.4 Å². The number of carbonyl (C=O) groups is 1. The third kappa shape index (κ3) is 5.95. The molecule has 0 aliphatic heterocycles. The van der Waals surface area contributed by atoms with Crippen molar-refractivity contribution in [2.75, 3.05) is 19.6 Å². The minimum atomic E-state index is -0.615. The second-order valence-electron chi connectivity index (χ2n) is 7.21. The van der Waals surface area contributed by atoms with Gasteiger partial charge in [0.15, 0.2) is 0 Å². The molecule has 124 valence electrons. The molecule has 1 rings (SSSR count). The third-order valence-electron chi connectivity index (χ3n) is 4.66. The molecular formula is C17H35N3O.